The van der Waals surface area contributed by atoms with Gasteiger partial charge in [0.05, 0.1) is 22.4 Å². The van der Waals surface area contributed by atoms with E-state index in [1.54, 1.807) is 6.08 Å². The van der Waals surface area contributed by atoms with Crippen molar-refractivity contribution in [2.45, 2.75) is 6.92 Å². The minimum atomic E-state index is 0.846. The van der Waals surface area contributed by atoms with Gasteiger partial charge in [-0.2, -0.15) is 0 Å². The molecule has 0 N–H and O–H groups in total. The minimum Gasteiger partial charge on any atom is -0.456 e. The van der Waals surface area contributed by atoms with Crippen molar-refractivity contribution in [3.05, 3.63) is 248 Å². The van der Waals surface area contributed by atoms with Crippen molar-refractivity contribution in [1.29, 1.82) is 0 Å². The molecule has 0 unspecified atom stereocenters. The Morgan fingerprint density at radius 2 is 0.985 bits per heavy atom. The van der Waals surface area contributed by atoms with Crippen LogP contribution in [0.4, 0.5) is 17.1 Å². The predicted octanol–water partition coefficient (Wildman–Crippen LogP) is 17.8. The fourth-order valence-corrected chi connectivity index (χ4v) is 10.1. The largest absolute Gasteiger partial charge is 0.456 e. The Hall–Kier alpha value is -8.66. The number of aromatic nitrogens is 1. The maximum atomic E-state index is 6.51. The van der Waals surface area contributed by atoms with Crippen LogP contribution in [-0.4, -0.2) is 4.57 Å². The fraction of sp³-hybridized carbons (Fsp3) is 0.0159. The van der Waals surface area contributed by atoms with Crippen LogP contribution >= 0.6 is 0 Å². The topological polar surface area (TPSA) is 21.3 Å². The number of fused-ring (bicyclic) bond motifs is 7. The third-order valence-electron chi connectivity index (χ3n) is 13.2. The second-order valence-corrected chi connectivity index (χ2v) is 16.9. The second kappa shape index (κ2) is 16.2. The first-order valence-electron chi connectivity index (χ1n) is 22.5. The molecule has 0 aliphatic rings. The van der Waals surface area contributed by atoms with E-state index in [1.807, 2.05) is 12.2 Å². The van der Waals surface area contributed by atoms with Crippen LogP contribution in [0.1, 0.15) is 11.3 Å². The van der Waals surface area contributed by atoms with Gasteiger partial charge in [-0.15, -0.1) is 0 Å². The van der Waals surface area contributed by atoms with Crippen molar-refractivity contribution in [2.24, 2.45) is 0 Å². The molecule has 312 valence electrons. The molecule has 2 aromatic heterocycles. The zero-order valence-corrected chi connectivity index (χ0v) is 36.5. The van der Waals surface area contributed by atoms with Gasteiger partial charge in [-0.3, -0.25) is 0 Å². The van der Waals surface area contributed by atoms with Crippen LogP contribution in [0.5, 0.6) is 0 Å². The van der Waals surface area contributed by atoms with Gasteiger partial charge >= 0.3 is 0 Å². The Bertz CT molecular complexity index is 3790. The third-order valence-corrected chi connectivity index (χ3v) is 13.2. The Morgan fingerprint density at radius 1 is 0.455 bits per heavy atom. The number of allylic oxidation sites excluding steroid dienone is 2. The molecule has 0 aliphatic carbocycles. The molecule has 10 aromatic carbocycles. The molecule has 0 saturated heterocycles. The molecular weight excluding hydrogens is 801 g/mol. The van der Waals surface area contributed by atoms with Gasteiger partial charge in [-0.05, 0) is 106 Å². The number of hydrogen-bond acceptors (Lipinski definition) is 2. The molecule has 0 amide bonds. The quantitative estimate of drug-likeness (QED) is 0.107. The van der Waals surface area contributed by atoms with Gasteiger partial charge in [-0.1, -0.05) is 183 Å². The van der Waals surface area contributed by atoms with E-state index in [2.05, 4.69) is 241 Å². The van der Waals surface area contributed by atoms with E-state index < -0.39 is 0 Å². The lowest BCUT2D eigenvalue weighted by atomic mass is 9.92. The summed E-state index contributed by atoms with van der Waals surface area (Å²) in [5.74, 6) is 0.846. The molecule has 12 aromatic rings. The van der Waals surface area contributed by atoms with Gasteiger partial charge in [0.15, 0.2) is 0 Å². The Labute approximate surface area is 384 Å². The highest BCUT2D eigenvalue weighted by molar-refractivity contribution is 6.15. The number of rotatable bonds is 9. The maximum absolute atomic E-state index is 6.51. The zero-order chi connectivity index (χ0) is 44.1. The van der Waals surface area contributed by atoms with E-state index in [0.29, 0.717) is 0 Å². The molecule has 0 radical (unpaired) electrons. The summed E-state index contributed by atoms with van der Waals surface area (Å²) >= 11 is 0. The lowest BCUT2D eigenvalue weighted by molar-refractivity contribution is 0.602. The van der Waals surface area contributed by atoms with Gasteiger partial charge in [0.25, 0.3) is 0 Å². The summed E-state index contributed by atoms with van der Waals surface area (Å²) in [5, 5.41) is 8.54. The monoisotopic (exact) mass is 844 g/mol. The highest BCUT2D eigenvalue weighted by Crippen LogP contribution is 2.46. The maximum Gasteiger partial charge on any atom is 0.142 e. The van der Waals surface area contributed by atoms with E-state index in [1.165, 1.54) is 54.5 Å². The molecular formula is C63H44N2O. The van der Waals surface area contributed by atoms with Crippen molar-refractivity contribution in [3.63, 3.8) is 0 Å². The first-order chi connectivity index (χ1) is 32.6. The smallest absolute Gasteiger partial charge is 0.142 e. The van der Waals surface area contributed by atoms with Gasteiger partial charge < -0.3 is 13.9 Å². The molecule has 3 heteroatoms. The number of furan rings is 1. The summed E-state index contributed by atoms with van der Waals surface area (Å²) in [6.45, 7) is 5.97. The number of nitrogens with zero attached hydrogens (tertiary/aromatic N) is 2. The van der Waals surface area contributed by atoms with E-state index in [0.717, 1.165) is 67.3 Å². The molecule has 0 aliphatic heterocycles. The minimum absolute atomic E-state index is 0.846. The molecule has 0 bridgehead atoms. The summed E-state index contributed by atoms with van der Waals surface area (Å²) in [6, 6.07) is 79.3. The van der Waals surface area contributed by atoms with Crippen molar-refractivity contribution in [1.82, 2.24) is 4.57 Å². The molecule has 0 spiro atoms. The number of anilines is 3. The van der Waals surface area contributed by atoms with Gasteiger partial charge in [0, 0.05) is 49.8 Å². The predicted molar refractivity (Wildman–Crippen MR) is 281 cm³/mol. The summed E-state index contributed by atoms with van der Waals surface area (Å²) < 4.78 is 8.92. The summed E-state index contributed by atoms with van der Waals surface area (Å²) in [6.07, 6.45) is 5.68. The van der Waals surface area contributed by atoms with Gasteiger partial charge in [0.1, 0.15) is 11.3 Å². The molecule has 3 nitrogen and oxygen atoms in total. The standard InChI is InChI=1S/C63H44N2O/c1-3-4-32-62-42(2)48-26-17-27-51(63(48)66-62)44-35-39-47(40-36-44)64(59-29-14-12-25-56(59)57-41-45-18-5-6-19-49(45)52-21-7-8-22-53(52)57)46-37-33-43(34-38-46)50-20-9-13-28-58(50)65-60-30-15-10-23-54(60)55-24-11-16-31-61(55)65/h3-41H,1H2,2H3/b32-4-. The summed E-state index contributed by atoms with van der Waals surface area (Å²) in [7, 11) is 0. The number of benzene rings is 10. The highest BCUT2D eigenvalue weighted by Gasteiger charge is 2.21. The average Bonchev–Trinajstić information content (AvgIpc) is 3.90. The van der Waals surface area contributed by atoms with Crippen LogP contribution in [0.3, 0.4) is 0 Å². The molecule has 0 atom stereocenters. The lowest BCUT2D eigenvalue weighted by Gasteiger charge is -2.29. The van der Waals surface area contributed by atoms with Crippen LogP contribution in [0, 0.1) is 6.92 Å². The molecule has 2 heterocycles. The first-order valence-corrected chi connectivity index (χ1v) is 22.5. The summed E-state index contributed by atoms with van der Waals surface area (Å²) in [4.78, 5) is 2.40. The summed E-state index contributed by atoms with van der Waals surface area (Å²) in [5.41, 5.74) is 15.5. The average molecular weight is 845 g/mol. The van der Waals surface area contributed by atoms with Crippen LogP contribution in [-0.2, 0) is 0 Å². The molecule has 12 rings (SSSR count). The SMILES string of the molecule is C=C/C=C\c1oc2c(-c3ccc(N(c4ccc(-c5ccccc5-n5c6ccccc6c6ccccc65)cc4)c4ccccc4-c4cc5ccccc5c5ccccc45)cc3)cccc2c1C. The second-order valence-electron chi connectivity index (χ2n) is 16.9. The number of hydrogen-bond donors (Lipinski definition) is 0. The van der Waals surface area contributed by atoms with Gasteiger partial charge in [0.2, 0.25) is 0 Å². The zero-order valence-electron chi connectivity index (χ0n) is 36.5. The first kappa shape index (κ1) is 39.0. The molecule has 66 heavy (non-hydrogen) atoms. The van der Waals surface area contributed by atoms with Crippen LogP contribution in [0.15, 0.2) is 242 Å². The lowest BCUT2D eigenvalue weighted by Crippen LogP contribution is -2.11. The van der Waals surface area contributed by atoms with E-state index >= 15 is 0 Å². The van der Waals surface area contributed by atoms with Crippen LogP contribution in [0.25, 0.3) is 99.5 Å². The van der Waals surface area contributed by atoms with Crippen molar-refractivity contribution in [3.8, 4) is 39.1 Å². The molecule has 0 saturated carbocycles. The van der Waals surface area contributed by atoms with Crippen LogP contribution < -0.4 is 4.90 Å². The van der Waals surface area contributed by atoms with E-state index in [9.17, 15) is 0 Å². The Balaban J connectivity index is 1.02. The van der Waals surface area contributed by atoms with E-state index in [-0.39, 0.29) is 0 Å². The number of aryl methyl sites for hydroxylation is 1. The van der Waals surface area contributed by atoms with Gasteiger partial charge in [-0.25, -0.2) is 0 Å². The fourth-order valence-electron chi connectivity index (χ4n) is 10.1. The van der Waals surface area contributed by atoms with Crippen molar-refractivity contribution in [2.75, 3.05) is 4.90 Å². The Morgan fingerprint density at radius 3 is 1.68 bits per heavy atom. The number of para-hydroxylation sites is 5. The normalized spacial score (nSPS) is 11.7. The van der Waals surface area contributed by atoms with Crippen LogP contribution in [0.2, 0.25) is 0 Å². The van der Waals surface area contributed by atoms with Crippen molar-refractivity contribution >= 4 is 77.5 Å². The van der Waals surface area contributed by atoms with Crippen molar-refractivity contribution < 1.29 is 4.42 Å². The Kier molecular flexibility index (Phi) is 9.54. The highest BCUT2D eigenvalue weighted by atomic mass is 16.3. The molecule has 0 fully saturated rings. The third kappa shape index (κ3) is 6.44. The van der Waals surface area contributed by atoms with E-state index in [4.69, 9.17) is 4.42 Å².